The Balaban J connectivity index is 1.17. The van der Waals surface area contributed by atoms with Crippen LogP contribution in [0.4, 0.5) is 34.1 Å². The Morgan fingerprint density at radius 3 is 1.42 bits per heavy atom. The summed E-state index contributed by atoms with van der Waals surface area (Å²) in [6.07, 6.45) is 3.71. The van der Waals surface area contributed by atoms with Gasteiger partial charge >= 0.3 is 0 Å². The quantitative estimate of drug-likeness (QED) is 0.164. The van der Waals surface area contributed by atoms with Crippen molar-refractivity contribution in [3.63, 3.8) is 0 Å². The summed E-state index contributed by atoms with van der Waals surface area (Å²) in [6, 6.07) is 57.7. The van der Waals surface area contributed by atoms with E-state index >= 15 is 0 Å². The first kappa shape index (κ1) is 37.3. The molecular formula is C56H40N6S2. The van der Waals surface area contributed by atoms with Crippen molar-refractivity contribution in [2.45, 2.75) is 38.5 Å². The molecule has 0 unspecified atom stereocenters. The summed E-state index contributed by atoms with van der Waals surface area (Å²) in [4.78, 5) is 26.8. The number of hydrogen-bond donors (Lipinski definition) is 0. The van der Waals surface area contributed by atoms with E-state index in [1.165, 1.54) is 45.0 Å². The molecule has 64 heavy (non-hydrogen) atoms. The van der Waals surface area contributed by atoms with Gasteiger partial charge in [0.25, 0.3) is 0 Å². The molecular weight excluding hydrogens is 821 g/mol. The topological polar surface area (TPSA) is 58.0 Å². The number of pyridine rings is 2. The lowest BCUT2D eigenvalue weighted by Crippen LogP contribution is -2.30. The number of aromatic nitrogens is 4. The number of thiazole rings is 2. The third-order valence-electron chi connectivity index (χ3n) is 13.6. The third-order valence-corrected chi connectivity index (χ3v) is 15.7. The van der Waals surface area contributed by atoms with E-state index in [1.54, 1.807) is 22.7 Å². The molecule has 8 heteroatoms. The molecule has 306 valence electrons. The SMILES string of the molecule is CC1(C)c2ccccc2N(c2cc(-c3nc4cccnc4s3)c3ccc4c(N5c6ccccc6C(C)(C)c6ccccc65)cc(-c5nc6cccnc6s5)cc4c3c2)c2ccccc21. The van der Waals surface area contributed by atoms with Crippen molar-refractivity contribution in [2.24, 2.45) is 0 Å². The molecule has 13 rings (SSSR count). The maximum atomic E-state index is 5.27. The van der Waals surface area contributed by atoms with E-state index in [2.05, 4.69) is 183 Å². The van der Waals surface area contributed by atoms with Gasteiger partial charge in [-0.3, -0.25) is 0 Å². The van der Waals surface area contributed by atoms with Crippen LogP contribution in [0.5, 0.6) is 0 Å². The summed E-state index contributed by atoms with van der Waals surface area (Å²) in [5, 5.41) is 6.42. The lowest BCUT2D eigenvalue weighted by atomic mass is 9.73. The molecule has 0 spiro atoms. The lowest BCUT2D eigenvalue weighted by molar-refractivity contribution is 0.632. The summed E-state index contributed by atoms with van der Waals surface area (Å²) < 4.78 is 0. The van der Waals surface area contributed by atoms with Gasteiger partial charge in [-0.05, 0) is 111 Å². The zero-order valence-corrected chi connectivity index (χ0v) is 37.3. The summed E-state index contributed by atoms with van der Waals surface area (Å²) in [7, 11) is 0. The minimum absolute atomic E-state index is 0.194. The van der Waals surface area contributed by atoms with Crippen LogP contribution in [-0.4, -0.2) is 19.9 Å². The van der Waals surface area contributed by atoms with Gasteiger partial charge in [0.2, 0.25) is 0 Å². The minimum Gasteiger partial charge on any atom is -0.310 e. The van der Waals surface area contributed by atoms with Gasteiger partial charge in [-0.2, -0.15) is 0 Å². The Hall–Kier alpha value is -7.26. The fourth-order valence-electron chi connectivity index (χ4n) is 10.5. The first-order valence-electron chi connectivity index (χ1n) is 21.7. The summed E-state index contributed by atoms with van der Waals surface area (Å²) >= 11 is 3.28. The molecule has 7 aromatic carbocycles. The van der Waals surface area contributed by atoms with Crippen LogP contribution in [0, 0.1) is 0 Å². The number of para-hydroxylation sites is 4. The molecule has 2 aliphatic rings. The van der Waals surface area contributed by atoms with E-state index in [4.69, 9.17) is 19.9 Å². The molecule has 0 bridgehead atoms. The second-order valence-corrected chi connectivity index (χ2v) is 19.9. The highest BCUT2D eigenvalue weighted by atomic mass is 32.1. The first-order valence-corrected chi connectivity index (χ1v) is 23.3. The molecule has 0 saturated carbocycles. The smallest absolute Gasteiger partial charge is 0.143 e. The Labute approximate surface area is 378 Å². The number of hydrogen-bond acceptors (Lipinski definition) is 8. The Morgan fingerprint density at radius 2 is 0.875 bits per heavy atom. The Bertz CT molecular complexity index is 3570. The van der Waals surface area contributed by atoms with Gasteiger partial charge in [0, 0.05) is 45.4 Å². The highest BCUT2D eigenvalue weighted by Crippen LogP contribution is 2.56. The molecule has 0 aliphatic carbocycles. The summed E-state index contributed by atoms with van der Waals surface area (Å²) in [5.74, 6) is 0. The molecule has 6 nitrogen and oxygen atoms in total. The molecule has 0 fully saturated rings. The van der Waals surface area contributed by atoms with Gasteiger partial charge < -0.3 is 9.80 Å². The van der Waals surface area contributed by atoms with Crippen molar-refractivity contribution < 1.29 is 0 Å². The van der Waals surface area contributed by atoms with Crippen molar-refractivity contribution >= 4 is 99.0 Å². The monoisotopic (exact) mass is 860 g/mol. The highest BCUT2D eigenvalue weighted by Gasteiger charge is 2.39. The molecule has 0 atom stereocenters. The van der Waals surface area contributed by atoms with Crippen LogP contribution in [0.2, 0.25) is 0 Å². The molecule has 6 heterocycles. The van der Waals surface area contributed by atoms with Crippen molar-refractivity contribution in [2.75, 3.05) is 9.80 Å². The Kier molecular flexibility index (Phi) is 7.94. The Morgan fingerprint density at radius 1 is 0.406 bits per heavy atom. The van der Waals surface area contributed by atoms with Crippen LogP contribution in [0.25, 0.3) is 63.4 Å². The second-order valence-electron chi connectivity index (χ2n) is 17.9. The number of nitrogens with zero attached hydrogens (tertiary/aromatic N) is 6. The fraction of sp³-hybridized carbons (Fsp3) is 0.107. The zero-order chi connectivity index (χ0) is 42.9. The van der Waals surface area contributed by atoms with Crippen molar-refractivity contribution in [1.29, 1.82) is 0 Å². The molecule has 2 aliphatic heterocycles. The van der Waals surface area contributed by atoms with E-state index < -0.39 is 0 Å². The van der Waals surface area contributed by atoms with Gasteiger partial charge in [-0.25, -0.2) is 19.9 Å². The highest BCUT2D eigenvalue weighted by molar-refractivity contribution is 7.21. The normalized spacial score (nSPS) is 14.8. The van der Waals surface area contributed by atoms with Crippen molar-refractivity contribution in [3.05, 3.63) is 192 Å². The zero-order valence-electron chi connectivity index (χ0n) is 35.7. The number of benzene rings is 7. The van der Waals surface area contributed by atoms with Crippen molar-refractivity contribution in [3.8, 4) is 21.1 Å². The molecule has 0 amide bonds. The average molecular weight is 861 g/mol. The van der Waals surface area contributed by atoms with E-state index in [9.17, 15) is 0 Å². The van der Waals surface area contributed by atoms with Crippen molar-refractivity contribution in [1.82, 2.24) is 19.9 Å². The standard InChI is InChI=1S/C56H40N6S2/c1-55(2)40-15-5-9-21-46(40)61(47-22-10-6-16-41(47)55)34-31-38-35(39(32-34)52-60-45-20-14-28-58-54(45)64-52)25-26-36-37(38)29-33(51-59-44-19-13-27-57-53(44)63-51)30-50(36)62-48-23-11-7-17-42(48)56(3,4)43-18-8-12-24-49(43)62/h5-32H,1-4H3. The molecule has 11 aromatic rings. The van der Waals surface area contributed by atoms with E-state index in [0.29, 0.717) is 0 Å². The molecule has 4 aromatic heterocycles. The van der Waals surface area contributed by atoms with E-state index in [-0.39, 0.29) is 10.8 Å². The third kappa shape index (κ3) is 5.36. The maximum absolute atomic E-state index is 5.27. The molecule has 0 saturated heterocycles. The maximum Gasteiger partial charge on any atom is 0.143 e. The van der Waals surface area contributed by atoms with Gasteiger partial charge in [-0.15, -0.1) is 0 Å². The lowest BCUT2D eigenvalue weighted by Gasteiger charge is -2.42. The van der Waals surface area contributed by atoms with Crippen LogP contribution < -0.4 is 9.80 Å². The van der Waals surface area contributed by atoms with Crippen LogP contribution >= 0.6 is 22.7 Å². The summed E-state index contributed by atoms with van der Waals surface area (Å²) in [6.45, 7) is 9.37. The van der Waals surface area contributed by atoms with E-state index in [1.807, 2.05) is 24.5 Å². The van der Waals surface area contributed by atoms with Crippen LogP contribution in [0.15, 0.2) is 170 Å². The number of rotatable bonds is 4. The largest absolute Gasteiger partial charge is 0.310 e. The van der Waals surface area contributed by atoms with Gasteiger partial charge in [0.1, 0.15) is 30.7 Å². The van der Waals surface area contributed by atoms with Crippen LogP contribution in [0.3, 0.4) is 0 Å². The van der Waals surface area contributed by atoms with Gasteiger partial charge in [0.15, 0.2) is 0 Å². The van der Waals surface area contributed by atoms with Gasteiger partial charge in [-0.1, -0.05) is 135 Å². The predicted molar refractivity (Wildman–Crippen MR) is 268 cm³/mol. The van der Waals surface area contributed by atoms with Gasteiger partial charge in [0.05, 0.1) is 28.4 Å². The average Bonchev–Trinajstić information content (AvgIpc) is 3.97. The number of fused-ring (bicyclic) bond motifs is 9. The predicted octanol–water partition coefficient (Wildman–Crippen LogP) is 15.6. The van der Waals surface area contributed by atoms with Crippen LogP contribution in [-0.2, 0) is 10.8 Å². The molecule has 0 N–H and O–H groups in total. The first-order chi connectivity index (χ1) is 31.2. The second kappa shape index (κ2) is 13.6. The summed E-state index contributed by atoms with van der Waals surface area (Å²) in [5.41, 5.74) is 15.6. The number of anilines is 6. The fourth-order valence-corrected chi connectivity index (χ4v) is 12.3. The van der Waals surface area contributed by atoms with E-state index in [0.717, 1.165) is 74.8 Å². The molecule has 0 radical (unpaired) electrons. The van der Waals surface area contributed by atoms with Crippen LogP contribution in [0.1, 0.15) is 49.9 Å². The minimum atomic E-state index is -0.200.